The van der Waals surface area contributed by atoms with Crippen LogP contribution in [-0.4, -0.2) is 25.2 Å². The summed E-state index contributed by atoms with van der Waals surface area (Å²) in [6.45, 7) is 6.23. The monoisotopic (exact) mass is 298 g/mol. The van der Waals surface area contributed by atoms with Crippen molar-refractivity contribution < 1.29 is 9.53 Å². The van der Waals surface area contributed by atoms with Gasteiger partial charge in [-0.2, -0.15) is 0 Å². The number of nitrogens with two attached hydrogens (primary N) is 1. The normalized spacial score (nSPS) is 12.9. The number of rotatable bonds is 8. The highest BCUT2D eigenvalue weighted by molar-refractivity contribution is 5.85. The summed E-state index contributed by atoms with van der Waals surface area (Å²) >= 11 is 0. The van der Waals surface area contributed by atoms with Gasteiger partial charge in [-0.3, -0.25) is 4.79 Å². The highest BCUT2D eigenvalue weighted by Crippen LogP contribution is 2.08. The fourth-order valence-corrected chi connectivity index (χ4v) is 1.58. The molecule has 0 radical (unpaired) electrons. The first kappa shape index (κ1) is 18.6. The number of benzene rings is 1. The van der Waals surface area contributed by atoms with Crippen LogP contribution < -0.4 is 11.1 Å². The van der Waals surface area contributed by atoms with Crippen molar-refractivity contribution in [3.05, 3.63) is 48.6 Å². The van der Waals surface area contributed by atoms with Crippen molar-refractivity contribution in [3.8, 4) is 0 Å². The average molecular weight is 299 g/mol. The Morgan fingerprint density at radius 3 is 2.70 bits per heavy atom. The van der Waals surface area contributed by atoms with Gasteiger partial charge in [-0.15, -0.1) is 19.0 Å². The molecule has 0 aliphatic carbocycles. The molecule has 1 amide bonds. The molecule has 3 N–H and O–H groups in total. The molecule has 1 rings (SSSR count). The summed E-state index contributed by atoms with van der Waals surface area (Å²) in [7, 11) is 0. The molecule has 2 unspecified atom stereocenters. The summed E-state index contributed by atoms with van der Waals surface area (Å²) in [5.74, 6) is -0.143. The number of carbonyl (C=O) groups is 1. The van der Waals surface area contributed by atoms with Crippen molar-refractivity contribution in [3.63, 3.8) is 0 Å². The predicted octanol–water partition coefficient (Wildman–Crippen LogP) is 2.21. The van der Waals surface area contributed by atoms with E-state index in [0.717, 1.165) is 12.0 Å². The van der Waals surface area contributed by atoms with Gasteiger partial charge in [0.1, 0.15) is 6.10 Å². The van der Waals surface area contributed by atoms with Crippen LogP contribution in [-0.2, 0) is 9.53 Å². The Labute approximate surface area is 126 Å². The first-order valence-electron chi connectivity index (χ1n) is 6.46. The molecule has 0 aromatic heterocycles. The van der Waals surface area contributed by atoms with Crippen molar-refractivity contribution in [1.29, 1.82) is 0 Å². The highest BCUT2D eigenvalue weighted by Gasteiger charge is 2.14. The van der Waals surface area contributed by atoms with Crippen LogP contribution in [0.3, 0.4) is 0 Å². The van der Waals surface area contributed by atoms with Gasteiger partial charge < -0.3 is 15.8 Å². The maximum Gasteiger partial charge on any atom is 0.248 e. The molecule has 0 aliphatic heterocycles. The number of nitrogens with one attached hydrogen (secondary N) is 1. The smallest absolute Gasteiger partial charge is 0.248 e. The van der Waals surface area contributed by atoms with Gasteiger partial charge in [-0.1, -0.05) is 36.4 Å². The molecule has 4 nitrogen and oxygen atoms in total. The fourth-order valence-electron chi connectivity index (χ4n) is 1.58. The van der Waals surface area contributed by atoms with Crippen molar-refractivity contribution in [1.82, 2.24) is 5.32 Å². The molecule has 0 aliphatic rings. The maximum absolute atomic E-state index is 11.8. The van der Waals surface area contributed by atoms with E-state index in [1.54, 1.807) is 13.0 Å². The van der Waals surface area contributed by atoms with Crippen LogP contribution in [0, 0.1) is 0 Å². The molecule has 0 bridgehead atoms. The Bertz CT molecular complexity index is 398. The molecule has 112 valence electrons. The number of hydrogen-bond acceptors (Lipinski definition) is 3. The number of amides is 1. The van der Waals surface area contributed by atoms with E-state index >= 15 is 0 Å². The summed E-state index contributed by atoms with van der Waals surface area (Å²) in [5, 5.41) is 2.79. The van der Waals surface area contributed by atoms with E-state index in [2.05, 4.69) is 11.9 Å². The number of hydrogen-bond donors (Lipinski definition) is 2. The van der Waals surface area contributed by atoms with E-state index in [9.17, 15) is 4.79 Å². The molecule has 2 atom stereocenters. The van der Waals surface area contributed by atoms with Crippen LogP contribution >= 0.6 is 12.4 Å². The Kier molecular flexibility index (Phi) is 9.72. The lowest BCUT2D eigenvalue weighted by atomic mass is 10.1. The second-order valence-electron chi connectivity index (χ2n) is 4.35. The number of halogens is 1. The zero-order valence-corrected chi connectivity index (χ0v) is 12.6. The maximum atomic E-state index is 11.8. The van der Waals surface area contributed by atoms with Gasteiger partial charge in [0.05, 0.1) is 6.61 Å². The molecular weight excluding hydrogens is 276 g/mol. The Morgan fingerprint density at radius 1 is 1.45 bits per heavy atom. The molecule has 20 heavy (non-hydrogen) atoms. The molecular formula is C15H23ClN2O2. The summed E-state index contributed by atoms with van der Waals surface area (Å²) in [4.78, 5) is 11.8. The summed E-state index contributed by atoms with van der Waals surface area (Å²) < 4.78 is 5.36. The van der Waals surface area contributed by atoms with E-state index in [-0.39, 0.29) is 24.4 Å². The van der Waals surface area contributed by atoms with Gasteiger partial charge in [0.25, 0.3) is 0 Å². The minimum atomic E-state index is -0.470. The van der Waals surface area contributed by atoms with Crippen LogP contribution in [0.4, 0.5) is 0 Å². The Balaban J connectivity index is 0.00000361. The first-order chi connectivity index (χ1) is 9.15. The lowest BCUT2D eigenvalue weighted by Crippen LogP contribution is -2.38. The summed E-state index contributed by atoms with van der Waals surface area (Å²) in [5.41, 5.74) is 7.00. The summed E-state index contributed by atoms with van der Waals surface area (Å²) in [6.07, 6.45) is 2.03. The predicted molar refractivity (Wildman–Crippen MR) is 83.9 cm³/mol. The topological polar surface area (TPSA) is 64.3 Å². The fraction of sp³-hybridized carbons (Fsp3) is 0.400. The van der Waals surface area contributed by atoms with E-state index in [1.165, 1.54) is 0 Å². The van der Waals surface area contributed by atoms with E-state index in [1.807, 2.05) is 30.3 Å². The lowest BCUT2D eigenvalue weighted by molar-refractivity contribution is -0.131. The third-order valence-corrected chi connectivity index (χ3v) is 2.78. The largest absolute Gasteiger partial charge is 0.368 e. The molecule has 0 saturated heterocycles. The van der Waals surface area contributed by atoms with Crippen molar-refractivity contribution in [2.45, 2.75) is 25.5 Å². The molecule has 0 saturated carbocycles. The van der Waals surface area contributed by atoms with Crippen LogP contribution in [0.5, 0.6) is 0 Å². The second-order valence-corrected chi connectivity index (χ2v) is 4.35. The molecule has 0 heterocycles. The molecule has 1 aromatic rings. The Hall–Kier alpha value is -1.36. The van der Waals surface area contributed by atoms with E-state index in [4.69, 9.17) is 10.5 Å². The molecule has 1 aromatic carbocycles. The van der Waals surface area contributed by atoms with Gasteiger partial charge in [-0.05, 0) is 18.9 Å². The average Bonchev–Trinajstić information content (AvgIpc) is 2.45. The van der Waals surface area contributed by atoms with Gasteiger partial charge in [-0.25, -0.2) is 0 Å². The van der Waals surface area contributed by atoms with E-state index < -0.39 is 6.10 Å². The zero-order valence-electron chi connectivity index (χ0n) is 11.7. The number of ether oxygens (including phenoxy) is 1. The SMILES string of the molecule is C=CCCOC(C)C(=O)NCC(N)c1ccccc1.Cl. The lowest BCUT2D eigenvalue weighted by Gasteiger charge is -2.16. The zero-order chi connectivity index (χ0) is 14.1. The third-order valence-electron chi connectivity index (χ3n) is 2.78. The quantitative estimate of drug-likeness (QED) is 0.571. The highest BCUT2D eigenvalue weighted by atomic mass is 35.5. The van der Waals surface area contributed by atoms with Gasteiger partial charge in [0.2, 0.25) is 5.91 Å². The van der Waals surface area contributed by atoms with Crippen molar-refractivity contribution in [2.75, 3.05) is 13.2 Å². The number of carbonyl (C=O) groups excluding carboxylic acids is 1. The van der Waals surface area contributed by atoms with Crippen LogP contribution in [0.2, 0.25) is 0 Å². The minimum Gasteiger partial charge on any atom is -0.368 e. The standard InChI is InChI=1S/C15H22N2O2.ClH/c1-3-4-10-19-12(2)15(18)17-11-14(16)13-8-6-5-7-9-13;/h3,5-9,12,14H,1,4,10-11,16H2,2H3,(H,17,18);1H. The van der Waals surface area contributed by atoms with Crippen LogP contribution in [0.15, 0.2) is 43.0 Å². The van der Waals surface area contributed by atoms with Crippen molar-refractivity contribution >= 4 is 18.3 Å². The summed E-state index contributed by atoms with van der Waals surface area (Å²) in [6, 6.07) is 9.48. The van der Waals surface area contributed by atoms with Gasteiger partial charge in [0, 0.05) is 12.6 Å². The van der Waals surface area contributed by atoms with Gasteiger partial charge >= 0.3 is 0 Å². The first-order valence-corrected chi connectivity index (χ1v) is 6.46. The second kappa shape index (κ2) is 10.4. The van der Waals surface area contributed by atoms with Crippen LogP contribution in [0.1, 0.15) is 24.9 Å². The molecule has 5 heteroatoms. The molecule has 0 spiro atoms. The van der Waals surface area contributed by atoms with Crippen LogP contribution in [0.25, 0.3) is 0 Å². The molecule has 0 fully saturated rings. The third kappa shape index (κ3) is 6.70. The van der Waals surface area contributed by atoms with Gasteiger partial charge in [0.15, 0.2) is 0 Å². The Morgan fingerprint density at radius 2 is 2.10 bits per heavy atom. The minimum absolute atomic E-state index is 0. The van der Waals surface area contributed by atoms with E-state index in [0.29, 0.717) is 13.2 Å². The van der Waals surface area contributed by atoms with Crippen molar-refractivity contribution in [2.24, 2.45) is 5.73 Å².